The summed E-state index contributed by atoms with van der Waals surface area (Å²) in [5.74, 6) is -0.995. The van der Waals surface area contributed by atoms with Crippen LogP contribution in [0.5, 0.6) is 11.5 Å². The molecule has 1 N–H and O–H groups in total. The fraction of sp³-hybridized carbons (Fsp3) is 0.176. The van der Waals surface area contributed by atoms with Crippen molar-refractivity contribution in [2.45, 2.75) is 12.6 Å². The number of anilines is 1. The van der Waals surface area contributed by atoms with E-state index in [1.165, 1.54) is 42.9 Å². The minimum absolute atomic E-state index is 0.0622. The molecule has 1 unspecified atom stereocenters. The molecule has 2 aliphatic rings. The highest BCUT2D eigenvalue weighted by molar-refractivity contribution is 6.06. The van der Waals surface area contributed by atoms with Gasteiger partial charge in [-0.25, -0.2) is 9.69 Å². The lowest BCUT2D eigenvalue weighted by molar-refractivity contribution is -0.161. The lowest BCUT2D eigenvalue weighted by atomic mass is 9.98. The molecule has 0 saturated carbocycles. The summed E-state index contributed by atoms with van der Waals surface area (Å²) in [4.78, 5) is 24.4. The van der Waals surface area contributed by atoms with Gasteiger partial charge in [0.15, 0.2) is 11.5 Å². The molecule has 0 fully saturated rings. The Balaban J connectivity index is 1.73. The van der Waals surface area contributed by atoms with Gasteiger partial charge >= 0.3 is 12.2 Å². The number of imide groups is 1. The van der Waals surface area contributed by atoms with Crippen molar-refractivity contribution in [3.63, 3.8) is 0 Å². The number of carbonyl (C=O) groups is 2. The zero-order chi connectivity index (χ0) is 18.7. The minimum Gasteiger partial charge on any atom is -0.458 e. The smallest absolute Gasteiger partial charge is 0.395 e. The summed E-state index contributed by atoms with van der Waals surface area (Å²) in [6.07, 6.45) is 1.65. The second-order valence-corrected chi connectivity index (χ2v) is 5.47. The first-order valence-corrected chi connectivity index (χ1v) is 7.50. The van der Waals surface area contributed by atoms with Crippen molar-refractivity contribution in [1.29, 1.82) is 0 Å². The Kier molecular flexibility index (Phi) is 4.70. The number of amides is 3. The molecule has 1 aromatic rings. The molecule has 136 valence electrons. The summed E-state index contributed by atoms with van der Waals surface area (Å²) in [6, 6.07) is 3.47. The molecule has 1 aliphatic heterocycles. The standard InChI is InChI=1S/C17H13F3N2O4/c18-17(19,20)11-2-1-3-12(8-11)21-16(24)22(10-23)13-4-5-14-15(9-13)26-7-6-25-14/h1-7,9-11H,8H2,(H,21,24). The summed E-state index contributed by atoms with van der Waals surface area (Å²) >= 11 is 0. The van der Waals surface area contributed by atoms with Gasteiger partial charge in [0.1, 0.15) is 12.5 Å². The Labute approximate surface area is 146 Å². The van der Waals surface area contributed by atoms with E-state index in [0.29, 0.717) is 11.5 Å². The number of fused-ring (bicyclic) bond motifs is 1. The van der Waals surface area contributed by atoms with E-state index in [-0.39, 0.29) is 17.8 Å². The van der Waals surface area contributed by atoms with Crippen molar-refractivity contribution in [3.8, 4) is 11.5 Å². The maximum absolute atomic E-state index is 12.8. The summed E-state index contributed by atoms with van der Waals surface area (Å²) < 4.78 is 48.8. The highest BCUT2D eigenvalue weighted by atomic mass is 19.4. The number of carbonyl (C=O) groups excluding carboxylic acids is 2. The van der Waals surface area contributed by atoms with Gasteiger partial charge in [0.2, 0.25) is 6.41 Å². The number of hydrogen-bond acceptors (Lipinski definition) is 4. The number of nitrogens with zero attached hydrogens (tertiary/aromatic N) is 1. The highest BCUT2D eigenvalue weighted by Gasteiger charge is 2.39. The maximum Gasteiger partial charge on any atom is 0.395 e. The van der Waals surface area contributed by atoms with E-state index >= 15 is 0 Å². The second kappa shape index (κ2) is 6.95. The predicted molar refractivity (Wildman–Crippen MR) is 85.3 cm³/mol. The third kappa shape index (κ3) is 3.71. The first-order valence-electron chi connectivity index (χ1n) is 7.50. The second-order valence-electron chi connectivity index (χ2n) is 5.47. The third-order valence-electron chi connectivity index (χ3n) is 3.74. The summed E-state index contributed by atoms with van der Waals surface area (Å²) in [6.45, 7) is 0. The van der Waals surface area contributed by atoms with Gasteiger partial charge in [-0.15, -0.1) is 0 Å². The average Bonchev–Trinajstić information content (AvgIpc) is 2.62. The van der Waals surface area contributed by atoms with Gasteiger partial charge in [-0.2, -0.15) is 13.2 Å². The molecule has 6 nitrogen and oxygen atoms in total. The topological polar surface area (TPSA) is 67.9 Å². The molecule has 0 bridgehead atoms. The first kappa shape index (κ1) is 17.6. The Morgan fingerprint density at radius 2 is 1.96 bits per heavy atom. The number of allylic oxidation sites excluding steroid dienone is 4. The van der Waals surface area contributed by atoms with E-state index in [1.54, 1.807) is 0 Å². The van der Waals surface area contributed by atoms with Crippen LogP contribution in [0.1, 0.15) is 6.42 Å². The quantitative estimate of drug-likeness (QED) is 0.830. The Morgan fingerprint density at radius 3 is 2.65 bits per heavy atom. The molecule has 1 heterocycles. The summed E-state index contributed by atoms with van der Waals surface area (Å²) in [5, 5.41) is 2.33. The van der Waals surface area contributed by atoms with Crippen LogP contribution in [0.4, 0.5) is 23.7 Å². The van der Waals surface area contributed by atoms with Crippen LogP contribution in [0.3, 0.4) is 0 Å². The number of rotatable bonds is 3. The third-order valence-corrected chi connectivity index (χ3v) is 3.74. The Morgan fingerprint density at radius 1 is 1.23 bits per heavy atom. The number of urea groups is 1. The van der Waals surface area contributed by atoms with E-state index in [9.17, 15) is 22.8 Å². The van der Waals surface area contributed by atoms with Crippen molar-refractivity contribution in [1.82, 2.24) is 5.32 Å². The van der Waals surface area contributed by atoms with Crippen LogP contribution in [0.2, 0.25) is 0 Å². The molecule has 1 atom stereocenters. The summed E-state index contributed by atoms with van der Waals surface area (Å²) in [5.41, 5.74) is 0.238. The van der Waals surface area contributed by atoms with E-state index < -0.39 is 24.5 Å². The van der Waals surface area contributed by atoms with Crippen molar-refractivity contribution in [3.05, 3.63) is 54.6 Å². The van der Waals surface area contributed by atoms with Crippen LogP contribution in [-0.2, 0) is 4.79 Å². The lowest BCUT2D eigenvalue weighted by Crippen LogP contribution is -2.40. The number of hydrogen-bond donors (Lipinski definition) is 1. The fourth-order valence-electron chi connectivity index (χ4n) is 2.46. The average molecular weight is 366 g/mol. The molecule has 0 aromatic heterocycles. The SMILES string of the molecule is O=CN(C(=O)NC1=CC=CC(C(F)(F)F)C1)c1ccc2c(c1)OC=CO2. The van der Waals surface area contributed by atoms with Crippen LogP contribution < -0.4 is 19.7 Å². The number of nitrogens with one attached hydrogen (secondary N) is 1. The molecule has 3 amide bonds. The molecule has 26 heavy (non-hydrogen) atoms. The molecule has 9 heteroatoms. The molecular weight excluding hydrogens is 353 g/mol. The summed E-state index contributed by atoms with van der Waals surface area (Å²) in [7, 11) is 0. The Bertz CT molecular complexity index is 815. The van der Waals surface area contributed by atoms with Gasteiger partial charge < -0.3 is 14.8 Å². The van der Waals surface area contributed by atoms with Crippen LogP contribution in [0, 0.1) is 5.92 Å². The number of halogens is 3. The van der Waals surface area contributed by atoms with E-state index in [1.807, 2.05) is 0 Å². The van der Waals surface area contributed by atoms with Gasteiger partial charge in [0.25, 0.3) is 0 Å². The van der Waals surface area contributed by atoms with Gasteiger partial charge in [0, 0.05) is 18.2 Å². The number of benzene rings is 1. The van der Waals surface area contributed by atoms with E-state index in [2.05, 4.69) is 5.32 Å². The molecule has 1 aliphatic carbocycles. The van der Waals surface area contributed by atoms with Gasteiger partial charge in [-0.05, 0) is 18.2 Å². The minimum atomic E-state index is -4.41. The van der Waals surface area contributed by atoms with Crippen molar-refractivity contribution < 1.29 is 32.2 Å². The van der Waals surface area contributed by atoms with Gasteiger partial charge in [-0.1, -0.05) is 12.2 Å². The lowest BCUT2D eigenvalue weighted by Gasteiger charge is -2.23. The van der Waals surface area contributed by atoms with Crippen LogP contribution in [0.15, 0.2) is 54.6 Å². The molecule has 0 spiro atoms. The zero-order valence-electron chi connectivity index (χ0n) is 13.2. The largest absolute Gasteiger partial charge is 0.458 e. The van der Waals surface area contributed by atoms with Crippen LogP contribution in [-0.4, -0.2) is 18.6 Å². The normalized spacial score (nSPS) is 18.1. The number of ether oxygens (including phenoxy) is 2. The predicted octanol–water partition coefficient (Wildman–Crippen LogP) is 3.62. The van der Waals surface area contributed by atoms with Gasteiger partial charge in [-0.3, -0.25) is 4.79 Å². The van der Waals surface area contributed by atoms with E-state index in [4.69, 9.17) is 9.47 Å². The molecule has 1 aromatic carbocycles. The van der Waals surface area contributed by atoms with Crippen molar-refractivity contribution >= 4 is 18.1 Å². The zero-order valence-corrected chi connectivity index (χ0v) is 13.2. The molecule has 0 radical (unpaired) electrons. The Hall–Kier alpha value is -3.23. The molecule has 0 saturated heterocycles. The van der Waals surface area contributed by atoms with Gasteiger partial charge in [0.05, 0.1) is 11.6 Å². The monoisotopic (exact) mass is 366 g/mol. The maximum atomic E-state index is 12.8. The highest BCUT2D eigenvalue weighted by Crippen LogP contribution is 2.35. The first-order chi connectivity index (χ1) is 12.4. The van der Waals surface area contributed by atoms with Crippen molar-refractivity contribution in [2.75, 3.05) is 4.90 Å². The molecular formula is C17H13F3N2O4. The van der Waals surface area contributed by atoms with Crippen molar-refractivity contribution in [2.24, 2.45) is 5.92 Å². The fourth-order valence-corrected chi connectivity index (χ4v) is 2.46. The van der Waals surface area contributed by atoms with Crippen LogP contribution in [0.25, 0.3) is 0 Å². The number of alkyl halides is 3. The molecule has 3 rings (SSSR count). The van der Waals surface area contributed by atoms with Crippen LogP contribution >= 0.6 is 0 Å². The van der Waals surface area contributed by atoms with E-state index in [0.717, 1.165) is 11.0 Å².